The fourth-order valence-electron chi connectivity index (χ4n) is 3.04. The van der Waals surface area contributed by atoms with E-state index in [9.17, 15) is 0 Å². The molecule has 5 heteroatoms. The van der Waals surface area contributed by atoms with Crippen molar-refractivity contribution in [1.29, 1.82) is 0 Å². The predicted octanol–water partition coefficient (Wildman–Crippen LogP) is 1.82. The van der Waals surface area contributed by atoms with Crippen molar-refractivity contribution in [2.24, 2.45) is 0 Å². The van der Waals surface area contributed by atoms with Crippen LogP contribution in [0.3, 0.4) is 0 Å². The van der Waals surface area contributed by atoms with Crippen LogP contribution in [0, 0.1) is 0 Å². The lowest BCUT2D eigenvalue weighted by atomic mass is 9.92. The molecule has 0 aromatic carbocycles. The Morgan fingerprint density at radius 3 is 3.10 bits per heavy atom. The highest BCUT2D eigenvalue weighted by molar-refractivity contribution is 5.36. The molecule has 2 aromatic rings. The van der Waals surface area contributed by atoms with Gasteiger partial charge in [-0.05, 0) is 25.0 Å². The van der Waals surface area contributed by atoms with Crippen molar-refractivity contribution in [3.05, 3.63) is 30.2 Å². The van der Waals surface area contributed by atoms with Gasteiger partial charge in [0.1, 0.15) is 5.82 Å². The van der Waals surface area contributed by atoms with Crippen molar-refractivity contribution in [2.75, 3.05) is 13.7 Å². The Morgan fingerprint density at radius 2 is 2.20 bits per heavy atom. The molecule has 0 aliphatic heterocycles. The number of methoxy groups -OCH3 is 1. The van der Waals surface area contributed by atoms with Crippen LogP contribution in [0.5, 0.6) is 0 Å². The average Bonchev–Trinajstić information content (AvgIpc) is 2.91. The van der Waals surface area contributed by atoms with E-state index in [1.54, 1.807) is 0 Å². The summed E-state index contributed by atoms with van der Waals surface area (Å²) in [7, 11) is 1.82. The highest BCUT2D eigenvalue weighted by atomic mass is 16.5. The van der Waals surface area contributed by atoms with Crippen LogP contribution in [-0.2, 0) is 11.2 Å². The topological polar surface area (TPSA) is 51.5 Å². The lowest BCUT2D eigenvalue weighted by molar-refractivity contribution is 0.0421. The second kappa shape index (κ2) is 6.33. The second-order valence-corrected chi connectivity index (χ2v) is 5.41. The van der Waals surface area contributed by atoms with Crippen molar-refractivity contribution in [3.63, 3.8) is 0 Å². The Balaban J connectivity index is 1.57. The van der Waals surface area contributed by atoms with E-state index >= 15 is 0 Å². The first kappa shape index (κ1) is 13.5. The third-order valence-corrected chi connectivity index (χ3v) is 4.14. The minimum Gasteiger partial charge on any atom is -0.380 e. The van der Waals surface area contributed by atoms with E-state index in [1.165, 1.54) is 25.7 Å². The van der Waals surface area contributed by atoms with Crippen LogP contribution in [0.2, 0.25) is 0 Å². The fourth-order valence-corrected chi connectivity index (χ4v) is 3.04. The Bertz CT molecular complexity index is 554. The molecule has 1 aliphatic carbocycles. The lowest BCUT2D eigenvalue weighted by Gasteiger charge is -2.31. The zero-order valence-electron chi connectivity index (χ0n) is 12.0. The first-order valence-corrected chi connectivity index (χ1v) is 7.43. The van der Waals surface area contributed by atoms with Crippen LogP contribution < -0.4 is 5.32 Å². The summed E-state index contributed by atoms with van der Waals surface area (Å²) in [5, 5.41) is 12.1. The first-order chi connectivity index (χ1) is 9.88. The SMILES string of the molecule is COC1CCCCC1NCCc1nnc2ccccn12. The van der Waals surface area contributed by atoms with Crippen LogP contribution in [0.1, 0.15) is 31.5 Å². The summed E-state index contributed by atoms with van der Waals surface area (Å²) in [4.78, 5) is 0. The molecule has 2 atom stereocenters. The van der Waals surface area contributed by atoms with E-state index in [0.717, 1.165) is 24.4 Å². The largest absolute Gasteiger partial charge is 0.380 e. The molecule has 0 spiro atoms. The number of ether oxygens (including phenoxy) is 1. The second-order valence-electron chi connectivity index (χ2n) is 5.41. The summed E-state index contributed by atoms with van der Waals surface area (Å²) in [5.74, 6) is 1.01. The fraction of sp³-hybridized carbons (Fsp3) is 0.600. The summed E-state index contributed by atoms with van der Waals surface area (Å²) < 4.78 is 7.62. The molecule has 108 valence electrons. The summed E-state index contributed by atoms with van der Waals surface area (Å²) in [6.45, 7) is 0.917. The van der Waals surface area contributed by atoms with Gasteiger partial charge in [-0.15, -0.1) is 10.2 Å². The van der Waals surface area contributed by atoms with E-state index in [2.05, 4.69) is 19.9 Å². The van der Waals surface area contributed by atoms with Crippen molar-refractivity contribution in [1.82, 2.24) is 19.9 Å². The number of nitrogens with one attached hydrogen (secondary N) is 1. The van der Waals surface area contributed by atoms with Gasteiger partial charge in [-0.1, -0.05) is 18.9 Å². The zero-order chi connectivity index (χ0) is 13.8. The normalized spacial score (nSPS) is 23.2. The molecule has 2 aromatic heterocycles. The lowest BCUT2D eigenvalue weighted by Crippen LogP contribution is -2.43. The van der Waals surface area contributed by atoms with Crippen molar-refractivity contribution in [3.8, 4) is 0 Å². The summed E-state index contributed by atoms with van der Waals surface area (Å²) in [5.41, 5.74) is 0.912. The number of pyridine rings is 1. The van der Waals surface area contributed by atoms with E-state index in [0.29, 0.717) is 12.1 Å². The predicted molar refractivity (Wildman–Crippen MR) is 77.7 cm³/mol. The van der Waals surface area contributed by atoms with Crippen LogP contribution in [-0.4, -0.2) is 40.4 Å². The zero-order valence-corrected chi connectivity index (χ0v) is 12.0. The quantitative estimate of drug-likeness (QED) is 0.903. The van der Waals surface area contributed by atoms with Gasteiger partial charge < -0.3 is 10.1 Å². The third kappa shape index (κ3) is 2.83. The van der Waals surface area contributed by atoms with Crippen molar-refractivity contribution in [2.45, 2.75) is 44.2 Å². The van der Waals surface area contributed by atoms with Crippen LogP contribution >= 0.6 is 0 Å². The van der Waals surface area contributed by atoms with Gasteiger partial charge in [-0.2, -0.15) is 0 Å². The van der Waals surface area contributed by atoms with Crippen molar-refractivity contribution >= 4 is 5.65 Å². The number of rotatable bonds is 5. The Labute approximate surface area is 119 Å². The average molecular weight is 274 g/mol. The highest BCUT2D eigenvalue weighted by Crippen LogP contribution is 2.20. The Morgan fingerprint density at radius 1 is 1.30 bits per heavy atom. The number of nitrogens with zero attached hydrogens (tertiary/aromatic N) is 3. The molecule has 3 rings (SSSR count). The summed E-state index contributed by atoms with van der Waals surface area (Å²) >= 11 is 0. The van der Waals surface area contributed by atoms with Crippen LogP contribution in [0.4, 0.5) is 0 Å². The van der Waals surface area contributed by atoms with Gasteiger partial charge in [0.05, 0.1) is 6.10 Å². The molecule has 0 bridgehead atoms. The number of fused-ring (bicyclic) bond motifs is 1. The standard InChI is InChI=1S/C15H22N4O/c1-20-13-7-3-2-6-12(13)16-10-9-15-18-17-14-8-4-5-11-19(14)15/h4-5,8,11-13,16H,2-3,6-7,9-10H2,1H3. The van der Waals surface area contributed by atoms with E-state index in [4.69, 9.17) is 4.74 Å². The molecule has 1 N–H and O–H groups in total. The van der Waals surface area contributed by atoms with Gasteiger partial charge in [0, 0.05) is 32.3 Å². The summed E-state index contributed by atoms with van der Waals surface area (Å²) in [6, 6.07) is 6.45. The Hall–Kier alpha value is -1.46. The maximum atomic E-state index is 5.57. The molecule has 20 heavy (non-hydrogen) atoms. The van der Waals surface area contributed by atoms with Gasteiger partial charge in [-0.25, -0.2) is 0 Å². The molecule has 1 saturated carbocycles. The number of aromatic nitrogens is 3. The van der Waals surface area contributed by atoms with Gasteiger partial charge >= 0.3 is 0 Å². The molecule has 0 saturated heterocycles. The molecule has 0 radical (unpaired) electrons. The maximum Gasteiger partial charge on any atom is 0.160 e. The molecule has 5 nitrogen and oxygen atoms in total. The molecule has 2 heterocycles. The number of hydrogen-bond acceptors (Lipinski definition) is 4. The Kier molecular flexibility index (Phi) is 4.28. The minimum absolute atomic E-state index is 0.360. The first-order valence-electron chi connectivity index (χ1n) is 7.43. The molecular weight excluding hydrogens is 252 g/mol. The molecular formula is C15H22N4O. The molecule has 1 aliphatic rings. The van der Waals surface area contributed by atoms with Gasteiger partial charge in [0.25, 0.3) is 0 Å². The van der Waals surface area contributed by atoms with Crippen LogP contribution in [0.25, 0.3) is 5.65 Å². The van der Waals surface area contributed by atoms with Crippen LogP contribution in [0.15, 0.2) is 24.4 Å². The smallest absolute Gasteiger partial charge is 0.160 e. The van der Waals surface area contributed by atoms with Crippen molar-refractivity contribution < 1.29 is 4.74 Å². The monoisotopic (exact) mass is 274 g/mol. The van der Waals surface area contributed by atoms with E-state index in [-0.39, 0.29) is 0 Å². The van der Waals surface area contributed by atoms with Gasteiger partial charge in [0.2, 0.25) is 0 Å². The molecule has 1 fully saturated rings. The molecule has 0 amide bonds. The van der Waals surface area contributed by atoms with Gasteiger partial charge in [-0.3, -0.25) is 4.40 Å². The highest BCUT2D eigenvalue weighted by Gasteiger charge is 2.24. The van der Waals surface area contributed by atoms with Gasteiger partial charge in [0.15, 0.2) is 5.65 Å². The summed E-state index contributed by atoms with van der Waals surface area (Å²) in [6.07, 6.45) is 8.22. The number of hydrogen-bond donors (Lipinski definition) is 1. The third-order valence-electron chi connectivity index (χ3n) is 4.14. The van der Waals surface area contributed by atoms with E-state index in [1.807, 2.05) is 31.5 Å². The molecule has 2 unspecified atom stereocenters. The minimum atomic E-state index is 0.360. The van der Waals surface area contributed by atoms with E-state index < -0.39 is 0 Å². The maximum absolute atomic E-state index is 5.57.